The third-order valence-corrected chi connectivity index (χ3v) is 16.4. The largest absolute Gasteiger partial charge is 0.352 e. The summed E-state index contributed by atoms with van der Waals surface area (Å²) in [5.74, 6) is -1.32. The molecule has 19 nitrogen and oxygen atoms in total. The van der Waals surface area contributed by atoms with Gasteiger partial charge in [0.2, 0.25) is 11.8 Å². The Morgan fingerprint density at radius 1 is 0.722 bits per heavy atom. The van der Waals surface area contributed by atoms with Gasteiger partial charge >= 0.3 is 12.1 Å². The van der Waals surface area contributed by atoms with Crippen LogP contribution in [0.5, 0.6) is 0 Å². The van der Waals surface area contributed by atoms with E-state index in [1.807, 2.05) is 116 Å². The Kier molecular flexibility index (Phi) is 16.5. The predicted molar refractivity (Wildman–Crippen MR) is 311 cm³/mol. The molecule has 0 saturated carbocycles. The van der Waals surface area contributed by atoms with Gasteiger partial charge in [0.05, 0.1) is 23.0 Å². The summed E-state index contributed by atoms with van der Waals surface area (Å²) in [7, 11) is 1.97. The number of aromatic nitrogens is 4. The Balaban J connectivity index is 0.914. The number of carbonyl (C=O) groups is 6. The smallest absolute Gasteiger partial charge is 0.324 e. The van der Waals surface area contributed by atoms with Gasteiger partial charge in [0.25, 0.3) is 11.8 Å². The average Bonchev–Trinajstić information content (AvgIpc) is 4.05. The molecule has 0 bridgehead atoms. The van der Waals surface area contributed by atoms with E-state index in [0.29, 0.717) is 54.5 Å². The summed E-state index contributed by atoms with van der Waals surface area (Å²) in [6.45, 7) is 23.7. The van der Waals surface area contributed by atoms with E-state index < -0.39 is 34.6 Å². The molecule has 2 aliphatic heterocycles. The molecule has 5 N–H and O–H groups in total. The molecule has 79 heavy (non-hydrogen) atoms. The molecule has 0 radical (unpaired) electrons. The first-order valence-corrected chi connectivity index (χ1v) is 27.4. The fraction of sp³-hybridized carbons (Fsp3) is 0.407. The van der Waals surface area contributed by atoms with Crippen molar-refractivity contribution < 1.29 is 28.8 Å². The van der Waals surface area contributed by atoms with Crippen LogP contribution >= 0.6 is 11.3 Å². The van der Waals surface area contributed by atoms with E-state index in [1.54, 1.807) is 79.2 Å². The van der Waals surface area contributed by atoms with Crippen LogP contribution < -0.4 is 26.6 Å². The summed E-state index contributed by atoms with van der Waals surface area (Å²) in [5, 5.41) is 19.7. The molecule has 6 heterocycles. The number of amides is 8. The summed E-state index contributed by atoms with van der Waals surface area (Å²) < 4.78 is 1.68. The van der Waals surface area contributed by atoms with Gasteiger partial charge in [0, 0.05) is 98.0 Å². The topological polar surface area (TPSA) is 219 Å². The van der Waals surface area contributed by atoms with Crippen molar-refractivity contribution in [2.75, 3.05) is 74.1 Å². The van der Waals surface area contributed by atoms with Gasteiger partial charge < -0.3 is 40.9 Å². The first-order valence-electron chi connectivity index (χ1n) is 26.6. The molecule has 8 rings (SSSR count). The number of likely N-dealkylation sites (N-methyl/N-ethyl adjacent to an activating group) is 1. The van der Waals surface area contributed by atoms with E-state index in [9.17, 15) is 28.8 Å². The van der Waals surface area contributed by atoms with E-state index in [0.717, 1.165) is 38.3 Å². The fourth-order valence-electron chi connectivity index (χ4n) is 9.75. The van der Waals surface area contributed by atoms with Crippen LogP contribution in [0.2, 0.25) is 0 Å². The van der Waals surface area contributed by atoms with Gasteiger partial charge in [-0.05, 0) is 139 Å². The van der Waals surface area contributed by atoms with E-state index in [1.165, 1.54) is 16.2 Å². The second kappa shape index (κ2) is 22.8. The monoisotopic (exact) mass is 1090 g/mol. The molecule has 8 amide bonds. The number of nitrogens with zero attached hydrogens (tertiary/aromatic N) is 8. The van der Waals surface area contributed by atoms with Crippen LogP contribution in [-0.2, 0) is 20.5 Å². The molecule has 0 aliphatic carbocycles. The molecule has 0 unspecified atom stereocenters. The lowest BCUT2D eigenvalue weighted by atomic mass is 9.93. The number of hydrogen-bond donors (Lipinski definition) is 5. The molecular weight excluding hydrogens is 1020 g/mol. The molecule has 6 aromatic rings. The van der Waals surface area contributed by atoms with Crippen molar-refractivity contribution in [2.45, 2.75) is 105 Å². The zero-order chi connectivity index (χ0) is 57.2. The van der Waals surface area contributed by atoms with Crippen molar-refractivity contribution in [3.8, 4) is 22.3 Å². The van der Waals surface area contributed by atoms with Crippen LogP contribution in [0.3, 0.4) is 0 Å². The van der Waals surface area contributed by atoms with Gasteiger partial charge in [-0.3, -0.25) is 39.1 Å². The minimum atomic E-state index is -1.20. The van der Waals surface area contributed by atoms with Gasteiger partial charge in [-0.25, -0.2) is 9.59 Å². The minimum Gasteiger partial charge on any atom is -0.352 e. The zero-order valence-electron chi connectivity index (χ0n) is 47.3. The molecule has 416 valence electrons. The third kappa shape index (κ3) is 12.7. The van der Waals surface area contributed by atoms with Gasteiger partial charge in [-0.15, -0.1) is 11.3 Å². The summed E-state index contributed by atoms with van der Waals surface area (Å²) in [6, 6.07) is 19.6. The first kappa shape index (κ1) is 57.2. The van der Waals surface area contributed by atoms with Crippen LogP contribution in [-0.4, -0.2) is 139 Å². The molecule has 0 spiro atoms. The van der Waals surface area contributed by atoms with E-state index >= 15 is 0 Å². The molecule has 2 saturated heterocycles. The highest BCUT2D eigenvalue weighted by atomic mass is 32.1. The second-order valence-electron chi connectivity index (χ2n) is 23.1. The Bertz CT molecular complexity index is 3270. The molecule has 2 aromatic carbocycles. The lowest BCUT2D eigenvalue weighted by Crippen LogP contribution is -2.65. The molecule has 20 heteroatoms. The summed E-state index contributed by atoms with van der Waals surface area (Å²) in [6.07, 6.45) is 9.16. The number of nitrogens with one attached hydrogen (secondary N) is 5. The Labute approximate surface area is 466 Å². The van der Waals surface area contributed by atoms with Gasteiger partial charge in [-0.1, -0.05) is 45.0 Å². The highest BCUT2D eigenvalue weighted by Gasteiger charge is 2.46. The van der Waals surface area contributed by atoms with Crippen molar-refractivity contribution >= 4 is 69.1 Å². The van der Waals surface area contributed by atoms with Crippen LogP contribution in [0, 0.1) is 13.8 Å². The normalized spacial score (nSPS) is 15.4. The van der Waals surface area contributed by atoms with Gasteiger partial charge in [0.1, 0.15) is 16.1 Å². The number of rotatable bonds is 15. The van der Waals surface area contributed by atoms with Crippen molar-refractivity contribution in [3.05, 3.63) is 125 Å². The second-order valence-corrected chi connectivity index (χ2v) is 24.1. The first-order chi connectivity index (χ1) is 37.2. The Morgan fingerprint density at radius 3 is 1.87 bits per heavy atom. The Morgan fingerprint density at radius 2 is 1.30 bits per heavy atom. The third-order valence-electron chi connectivity index (χ3n) is 14.9. The lowest BCUT2D eigenvalue weighted by Gasteiger charge is -2.46. The molecular formula is C59H73N13O6S. The average molecular weight is 1090 g/mol. The van der Waals surface area contributed by atoms with Crippen LogP contribution in [0.25, 0.3) is 22.3 Å². The van der Waals surface area contributed by atoms with Crippen molar-refractivity contribution in [1.29, 1.82) is 0 Å². The SMILES string of the molecule is Cc1ccc(NC(=O)Nc2cn(C(C)(C)CCN(C)CCN3CCN(C(=O)c4cc(C(C)(C)C)sc4NC(=O)Nc4ccc(C)c(-c5cccnc5)c4)C(C)(C)C3=O)nc2C(=O)N2CCNC(=O)C2(C)C)cc1-c1cccnc1. The number of anilines is 4. The number of hydrogen-bond acceptors (Lipinski definition) is 11. The number of aryl methyl sites for hydroxylation is 2. The fourth-order valence-corrected chi connectivity index (χ4v) is 10.8. The van der Waals surface area contributed by atoms with Crippen molar-refractivity contribution in [2.24, 2.45) is 0 Å². The molecule has 2 fully saturated rings. The maximum atomic E-state index is 14.7. The number of carbonyl (C=O) groups excluding carboxylic acids is 6. The van der Waals surface area contributed by atoms with Crippen LogP contribution in [0.1, 0.15) is 106 Å². The zero-order valence-corrected chi connectivity index (χ0v) is 48.1. The quantitative estimate of drug-likeness (QED) is 0.0656. The van der Waals surface area contributed by atoms with Crippen molar-refractivity contribution in [1.82, 2.24) is 44.7 Å². The number of piperazine rings is 2. The summed E-state index contributed by atoms with van der Waals surface area (Å²) in [5.41, 5.74) is 3.95. The van der Waals surface area contributed by atoms with Crippen molar-refractivity contribution in [3.63, 3.8) is 0 Å². The van der Waals surface area contributed by atoms with Crippen LogP contribution in [0.4, 0.5) is 31.7 Å². The van der Waals surface area contributed by atoms with E-state index in [4.69, 9.17) is 5.10 Å². The molecule has 2 aliphatic rings. The highest BCUT2D eigenvalue weighted by Crippen LogP contribution is 2.39. The number of thiophene rings is 1. The molecule has 0 atom stereocenters. The predicted octanol–water partition coefficient (Wildman–Crippen LogP) is 9.44. The summed E-state index contributed by atoms with van der Waals surface area (Å²) >= 11 is 1.34. The number of pyridine rings is 2. The van der Waals surface area contributed by atoms with Gasteiger partial charge in [-0.2, -0.15) is 5.10 Å². The van der Waals surface area contributed by atoms with E-state index in [-0.39, 0.29) is 54.2 Å². The summed E-state index contributed by atoms with van der Waals surface area (Å²) in [4.78, 5) is 100. The minimum absolute atomic E-state index is 0.00104. The lowest BCUT2D eigenvalue weighted by molar-refractivity contribution is -0.146. The standard InChI is InChI=1S/C59H73N13O6S/c1-37-17-19-41(31-43(37)39-15-13-22-60-34-39)63-54(77)65-46-36-72(67-48(46)51(74)70-26-24-62-52(75)58(70,8)9)57(6,7)21-25-68(12)27-28-69-29-30-71(59(10,11)53(69)76)50(73)45-33-47(56(3,4)5)79-49(45)66-55(78)64-42-20-18-38(2)44(32-42)40-16-14-23-61-35-40/h13-20,22-23,31-36H,21,24-30H2,1-12H3,(H,62,75)(H2,63,65,77)(H2,64,66,78). The highest BCUT2D eigenvalue weighted by molar-refractivity contribution is 7.16. The van der Waals surface area contributed by atoms with Gasteiger partial charge in [0.15, 0.2) is 5.69 Å². The maximum absolute atomic E-state index is 14.7. The number of urea groups is 2. The Hall–Kier alpha value is -7.97. The number of benzene rings is 2. The van der Waals surface area contributed by atoms with Crippen LogP contribution in [0.15, 0.2) is 97.7 Å². The maximum Gasteiger partial charge on any atom is 0.324 e. The van der Waals surface area contributed by atoms with E-state index in [2.05, 4.69) is 41.5 Å². The molecule has 4 aromatic heterocycles.